The van der Waals surface area contributed by atoms with Gasteiger partial charge in [0.2, 0.25) is 0 Å². The molecule has 0 bridgehead atoms. The molecule has 0 atom stereocenters. The van der Waals surface area contributed by atoms with Crippen molar-refractivity contribution in [2.24, 2.45) is 0 Å². The van der Waals surface area contributed by atoms with Gasteiger partial charge in [-0.1, -0.05) is 0 Å². The first-order chi connectivity index (χ1) is 0. The molecule has 0 rings (SSSR count). The van der Waals surface area contributed by atoms with Crippen molar-refractivity contribution in [3.8, 4) is 0 Å². The fourth-order valence-electron chi connectivity index (χ4n) is 0. The van der Waals surface area contributed by atoms with Crippen molar-refractivity contribution >= 4 is 17.4 Å². The van der Waals surface area contributed by atoms with Crippen LogP contribution in [-0.4, -0.2) is 17.4 Å². The van der Waals surface area contributed by atoms with Crippen LogP contribution in [0.1, 0.15) is 0 Å². The van der Waals surface area contributed by atoms with Gasteiger partial charge in [-0.2, -0.15) is 0 Å². The van der Waals surface area contributed by atoms with E-state index in [1.165, 1.54) is 0 Å². The molecule has 0 fully saturated rings. The van der Waals surface area contributed by atoms with E-state index in [2.05, 4.69) is 0 Å². The average molecular weight is 274 g/mol. The van der Waals surface area contributed by atoms with Gasteiger partial charge in [-0.15, -0.1) is 0 Å². The van der Waals surface area contributed by atoms with E-state index < -0.39 is 0 Å². The minimum atomic E-state index is 0. The van der Waals surface area contributed by atoms with E-state index >= 15 is 0 Å². The number of rotatable bonds is 0. The third kappa shape index (κ3) is 29.0. The molecule has 1 radical (unpaired) electrons. The molecule has 0 aliphatic carbocycles. The zero-order valence-electron chi connectivity index (χ0n) is 2.84. The summed E-state index contributed by atoms with van der Waals surface area (Å²) in [6.45, 7) is 0. The van der Waals surface area contributed by atoms with Gasteiger partial charge in [0.1, 0.15) is 0 Å². The Balaban J connectivity index is 0. The Morgan fingerprint density at radius 3 is 1.00 bits per heavy atom. The maximum atomic E-state index is 0. The standard InChI is InChI=1S/Al.Co.Ni.O.Ti.Zn/q+3;2*+2;-2;+4;+2. The predicted octanol–water partition coefficient (Wildman–Crippen LogP) is -0.510. The summed E-state index contributed by atoms with van der Waals surface area (Å²) in [5.41, 5.74) is 0. The van der Waals surface area contributed by atoms with E-state index in [1.807, 2.05) is 0 Å². The van der Waals surface area contributed by atoms with Crippen molar-refractivity contribution in [1.29, 1.82) is 0 Å². The molecule has 0 unspecified atom stereocenters. The van der Waals surface area contributed by atoms with Crippen LogP contribution in [0.25, 0.3) is 0 Å². The van der Waals surface area contributed by atoms with Crippen LogP contribution in [0.15, 0.2) is 0 Å². The molecule has 6 heteroatoms. The molecule has 23 valence electrons. The summed E-state index contributed by atoms with van der Waals surface area (Å²) in [5, 5.41) is 0. The summed E-state index contributed by atoms with van der Waals surface area (Å²) >= 11 is 0. The second kappa shape index (κ2) is 45.6. The fourth-order valence-corrected chi connectivity index (χ4v) is 0. The van der Waals surface area contributed by atoms with E-state index in [-0.39, 0.29) is 97.3 Å². The van der Waals surface area contributed by atoms with Crippen LogP contribution >= 0.6 is 0 Å². The molecular weight excluding hydrogens is 274 g/mol. The van der Waals surface area contributed by atoms with Gasteiger partial charge in [-0.25, -0.2) is 0 Å². The van der Waals surface area contributed by atoms with Crippen LogP contribution in [0.2, 0.25) is 0 Å². The van der Waals surface area contributed by atoms with Crippen molar-refractivity contribution in [3.05, 3.63) is 0 Å². The van der Waals surface area contributed by atoms with Gasteiger partial charge in [0.25, 0.3) is 0 Å². The summed E-state index contributed by atoms with van der Waals surface area (Å²) < 4.78 is 0. The first-order valence-corrected chi connectivity index (χ1v) is 0. The largest absolute Gasteiger partial charge is 4.00 e. The Morgan fingerprint density at radius 1 is 1.00 bits per heavy atom. The minimum absolute atomic E-state index is 0. The van der Waals surface area contributed by atoms with E-state index in [9.17, 15) is 0 Å². The minimum Gasteiger partial charge on any atom is -2.00 e. The molecular formula is AlCoNiOTiZn+11. The molecule has 6 heavy (non-hydrogen) atoms. The predicted molar refractivity (Wildman–Crippen MR) is 6.44 cm³/mol. The molecule has 0 aromatic heterocycles. The second-order valence-electron chi connectivity index (χ2n) is 0. The van der Waals surface area contributed by atoms with Gasteiger partial charge >= 0.3 is 91.8 Å². The van der Waals surface area contributed by atoms with Crippen molar-refractivity contribution in [3.63, 3.8) is 0 Å². The molecule has 0 aliphatic rings. The summed E-state index contributed by atoms with van der Waals surface area (Å²) in [4.78, 5) is 0. The Hall–Kier alpha value is 2.83. The second-order valence-corrected chi connectivity index (χ2v) is 0. The summed E-state index contributed by atoms with van der Waals surface area (Å²) in [6, 6.07) is 0. The van der Waals surface area contributed by atoms with E-state index in [1.54, 1.807) is 0 Å². The quantitative estimate of drug-likeness (QED) is 0.532. The third-order valence-corrected chi connectivity index (χ3v) is 0. The smallest absolute Gasteiger partial charge is 2.00 e. The Labute approximate surface area is 96.0 Å². The Morgan fingerprint density at radius 2 is 1.00 bits per heavy atom. The van der Waals surface area contributed by atoms with Crippen LogP contribution in [0.5, 0.6) is 0 Å². The molecule has 0 saturated heterocycles. The molecule has 0 spiro atoms. The molecule has 1 nitrogen and oxygen atoms in total. The molecule has 0 aromatic carbocycles. The van der Waals surface area contributed by atoms with Crippen LogP contribution in [0.4, 0.5) is 0 Å². The van der Waals surface area contributed by atoms with E-state index in [0.29, 0.717) is 0 Å². The van der Waals surface area contributed by atoms with Crippen LogP contribution < -0.4 is 0 Å². The van der Waals surface area contributed by atoms with Crippen LogP contribution in [0, 0.1) is 0 Å². The first-order valence-electron chi connectivity index (χ1n) is 0. The fraction of sp³-hybridized carbons (Fsp3) is 0. The van der Waals surface area contributed by atoms with Gasteiger partial charge < -0.3 is 5.48 Å². The van der Waals surface area contributed by atoms with Crippen molar-refractivity contribution in [1.82, 2.24) is 0 Å². The first kappa shape index (κ1) is 67.6. The molecule has 0 heterocycles. The molecule has 0 aromatic rings. The van der Waals surface area contributed by atoms with Crippen molar-refractivity contribution in [2.75, 3.05) is 0 Å². The molecule has 0 saturated carbocycles. The third-order valence-electron chi connectivity index (χ3n) is 0. The van der Waals surface area contributed by atoms with Crippen LogP contribution in [0.3, 0.4) is 0 Å². The summed E-state index contributed by atoms with van der Waals surface area (Å²) in [6.07, 6.45) is 0. The number of hydrogen-bond donors (Lipinski definition) is 0. The maximum Gasteiger partial charge on any atom is 4.00 e. The summed E-state index contributed by atoms with van der Waals surface area (Å²) in [7, 11) is 0. The van der Waals surface area contributed by atoms with Crippen LogP contribution in [-0.2, 0) is 79.9 Å². The van der Waals surface area contributed by atoms with E-state index in [0.717, 1.165) is 0 Å². The van der Waals surface area contributed by atoms with Gasteiger partial charge in [-0.05, 0) is 0 Å². The number of hydrogen-bond acceptors (Lipinski definition) is 0. The average Bonchev–Trinajstić information content (AvgIpc) is 0. The molecule has 0 aliphatic heterocycles. The van der Waals surface area contributed by atoms with E-state index in [4.69, 9.17) is 0 Å². The van der Waals surface area contributed by atoms with Gasteiger partial charge in [0.15, 0.2) is 0 Å². The van der Waals surface area contributed by atoms with Crippen molar-refractivity contribution in [2.45, 2.75) is 0 Å². The topological polar surface area (TPSA) is 28.5 Å². The summed E-state index contributed by atoms with van der Waals surface area (Å²) in [5.74, 6) is 0. The van der Waals surface area contributed by atoms with Gasteiger partial charge in [0.05, 0.1) is 0 Å². The van der Waals surface area contributed by atoms with Gasteiger partial charge in [-0.3, -0.25) is 0 Å². The normalized spacial score (nSPS) is 0. The molecule has 0 N–H and O–H groups in total. The van der Waals surface area contributed by atoms with Gasteiger partial charge in [0, 0.05) is 0 Å². The zero-order valence-corrected chi connectivity index (χ0v) is 10.6. The monoisotopic (exact) mass is 272 g/mol. The zero-order chi connectivity index (χ0) is 0. The Bertz CT molecular complexity index is 15.5. The maximum absolute atomic E-state index is 0. The Kier molecular flexibility index (Phi) is 514. The molecule has 0 amide bonds. The SMILES string of the molecule is [Al+3].[Co+2].[Ni+2].[O-2].[Ti+4].[Zn+2]. The van der Waals surface area contributed by atoms with Crippen molar-refractivity contribution < 1.29 is 79.9 Å².